The molecule has 1 saturated heterocycles. The topological polar surface area (TPSA) is 74.2 Å². The first-order chi connectivity index (χ1) is 9.55. The van der Waals surface area contributed by atoms with Crippen LogP contribution in [0.25, 0.3) is 0 Å². The Bertz CT molecular complexity index is 448. The van der Waals surface area contributed by atoms with Gasteiger partial charge in [-0.25, -0.2) is 0 Å². The molecule has 3 rings (SSSR count). The maximum Gasteiger partial charge on any atom is 0.233 e. The van der Waals surface area contributed by atoms with Crippen molar-refractivity contribution in [2.24, 2.45) is 11.1 Å². The monoisotopic (exact) mass is 279 g/mol. The van der Waals surface area contributed by atoms with Gasteiger partial charge in [-0.1, -0.05) is 19.0 Å². The first-order valence-corrected chi connectivity index (χ1v) is 7.72. The molecule has 0 amide bonds. The third kappa shape index (κ3) is 2.88. The van der Waals surface area contributed by atoms with Gasteiger partial charge in [0.1, 0.15) is 0 Å². The largest absolute Gasteiger partial charge is 0.381 e. The summed E-state index contributed by atoms with van der Waals surface area (Å²) >= 11 is 0. The van der Waals surface area contributed by atoms with Crippen molar-refractivity contribution in [3.63, 3.8) is 0 Å². The van der Waals surface area contributed by atoms with Gasteiger partial charge in [0.15, 0.2) is 5.82 Å². The van der Waals surface area contributed by atoms with E-state index in [9.17, 15) is 0 Å². The first kappa shape index (κ1) is 14.0. The summed E-state index contributed by atoms with van der Waals surface area (Å²) in [6.45, 7) is 6.00. The molecule has 2 N–H and O–H groups in total. The first-order valence-electron chi connectivity index (χ1n) is 7.72. The van der Waals surface area contributed by atoms with E-state index in [2.05, 4.69) is 24.0 Å². The zero-order valence-electron chi connectivity index (χ0n) is 12.5. The fraction of sp³-hybridized carbons (Fsp3) is 0.867. The summed E-state index contributed by atoms with van der Waals surface area (Å²) < 4.78 is 10.9. The van der Waals surface area contributed by atoms with Crippen LogP contribution in [0.3, 0.4) is 0 Å². The Morgan fingerprint density at radius 2 is 1.95 bits per heavy atom. The van der Waals surface area contributed by atoms with Gasteiger partial charge in [-0.05, 0) is 37.5 Å². The van der Waals surface area contributed by atoms with Crippen molar-refractivity contribution in [3.8, 4) is 0 Å². The van der Waals surface area contributed by atoms with Crippen LogP contribution in [0.15, 0.2) is 4.52 Å². The van der Waals surface area contributed by atoms with Crippen molar-refractivity contribution in [1.82, 2.24) is 10.1 Å². The summed E-state index contributed by atoms with van der Waals surface area (Å²) in [5.74, 6) is 2.04. The number of rotatable bonds is 2. The predicted octanol–water partition coefficient (Wildman–Crippen LogP) is 2.58. The Morgan fingerprint density at radius 3 is 2.65 bits per heavy atom. The molecule has 1 aromatic heterocycles. The predicted molar refractivity (Wildman–Crippen MR) is 75.4 cm³/mol. The van der Waals surface area contributed by atoms with Crippen LogP contribution in [-0.2, 0) is 4.74 Å². The molecule has 2 aliphatic rings. The Kier molecular flexibility index (Phi) is 3.82. The molecule has 2 atom stereocenters. The van der Waals surface area contributed by atoms with Crippen molar-refractivity contribution in [3.05, 3.63) is 11.7 Å². The van der Waals surface area contributed by atoms with Gasteiger partial charge in [0.25, 0.3) is 0 Å². The molecule has 2 unspecified atom stereocenters. The van der Waals surface area contributed by atoms with E-state index in [1.54, 1.807) is 0 Å². The zero-order valence-corrected chi connectivity index (χ0v) is 12.5. The van der Waals surface area contributed by atoms with E-state index in [-0.39, 0.29) is 12.0 Å². The third-order valence-electron chi connectivity index (χ3n) is 4.89. The average Bonchev–Trinajstić information content (AvgIpc) is 2.88. The van der Waals surface area contributed by atoms with Gasteiger partial charge in [0, 0.05) is 18.6 Å². The summed E-state index contributed by atoms with van der Waals surface area (Å²) in [6.07, 6.45) is 5.62. The third-order valence-corrected chi connectivity index (χ3v) is 4.89. The Morgan fingerprint density at radius 1 is 1.20 bits per heavy atom. The zero-order chi connectivity index (χ0) is 14.2. The Hall–Kier alpha value is -0.940. The molecule has 20 heavy (non-hydrogen) atoms. The van der Waals surface area contributed by atoms with Crippen LogP contribution >= 0.6 is 0 Å². The molecule has 0 radical (unpaired) electrons. The molecule has 1 aromatic rings. The molecule has 1 aliphatic carbocycles. The summed E-state index contributed by atoms with van der Waals surface area (Å²) in [7, 11) is 0. The molecule has 0 aromatic carbocycles. The van der Waals surface area contributed by atoms with Gasteiger partial charge in [-0.2, -0.15) is 4.98 Å². The number of ether oxygens (including phenoxy) is 1. The summed E-state index contributed by atoms with van der Waals surface area (Å²) in [5.41, 5.74) is 6.59. The number of nitrogens with zero attached hydrogens (tertiary/aromatic N) is 2. The van der Waals surface area contributed by atoms with E-state index in [0.717, 1.165) is 31.7 Å². The van der Waals surface area contributed by atoms with Crippen LogP contribution in [0.1, 0.15) is 69.5 Å². The Balaban J connectivity index is 1.68. The number of hydrogen-bond acceptors (Lipinski definition) is 5. The number of hydrogen-bond donors (Lipinski definition) is 1. The van der Waals surface area contributed by atoms with E-state index in [4.69, 9.17) is 15.0 Å². The van der Waals surface area contributed by atoms with E-state index in [0.29, 0.717) is 23.8 Å². The van der Waals surface area contributed by atoms with Crippen molar-refractivity contribution in [1.29, 1.82) is 0 Å². The van der Waals surface area contributed by atoms with Crippen LogP contribution in [0.5, 0.6) is 0 Å². The Labute approximate surface area is 120 Å². The molecular weight excluding hydrogens is 254 g/mol. The quantitative estimate of drug-likeness (QED) is 0.900. The lowest BCUT2D eigenvalue weighted by atomic mass is 9.73. The molecule has 0 spiro atoms. The van der Waals surface area contributed by atoms with Crippen molar-refractivity contribution in [2.75, 3.05) is 13.2 Å². The molecule has 5 heteroatoms. The SMILES string of the molecule is CC1(C)CCC(c2noc(C3COCCC3N)n2)CC1. The molecular formula is C15H25N3O2. The fourth-order valence-electron chi connectivity index (χ4n) is 3.23. The fourth-order valence-corrected chi connectivity index (χ4v) is 3.23. The summed E-state index contributed by atoms with van der Waals surface area (Å²) in [5, 5.41) is 4.20. The normalized spacial score (nSPS) is 31.4. The maximum absolute atomic E-state index is 6.13. The second-order valence-corrected chi connectivity index (χ2v) is 7.06. The van der Waals surface area contributed by atoms with Crippen LogP contribution in [0, 0.1) is 5.41 Å². The molecule has 1 aliphatic heterocycles. The highest BCUT2D eigenvalue weighted by Gasteiger charge is 2.33. The molecule has 1 saturated carbocycles. The standard InChI is InChI=1S/C15H25N3O2/c1-15(2)6-3-10(4-7-15)13-17-14(20-18-13)11-9-19-8-5-12(11)16/h10-12H,3-9,16H2,1-2H3. The summed E-state index contributed by atoms with van der Waals surface area (Å²) in [4.78, 5) is 4.62. The van der Waals surface area contributed by atoms with Gasteiger partial charge in [0.2, 0.25) is 5.89 Å². The van der Waals surface area contributed by atoms with Crippen molar-refractivity contribution in [2.45, 2.75) is 63.8 Å². The minimum atomic E-state index is 0.0602. The minimum absolute atomic E-state index is 0.0602. The van der Waals surface area contributed by atoms with Gasteiger partial charge in [0.05, 0.1) is 12.5 Å². The van der Waals surface area contributed by atoms with E-state index < -0.39 is 0 Å². The van der Waals surface area contributed by atoms with Gasteiger partial charge in [-0.3, -0.25) is 0 Å². The molecule has 5 nitrogen and oxygen atoms in total. The van der Waals surface area contributed by atoms with Crippen molar-refractivity contribution >= 4 is 0 Å². The lowest BCUT2D eigenvalue weighted by Crippen LogP contribution is -2.37. The van der Waals surface area contributed by atoms with Crippen LogP contribution in [0.4, 0.5) is 0 Å². The van der Waals surface area contributed by atoms with E-state index in [1.165, 1.54) is 12.8 Å². The highest BCUT2D eigenvalue weighted by molar-refractivity contribution is 5.04. The van der Waals surface area contributed by atoms with E-state index in [1.807, 2.05) is 0 Å². The second-order valence-electron chi connectivity index (χ2n) is 7.06. The molecule has 2 heterocycles. The highest BCUT2D eigenvalue weighted by atomic mass is 16.5. The lowest BCUT2D eigenvalue weighted by Gasteiger charge is -2.32. The summed E-state index contributed by atoms with van der Waals surface area (Å²) in [6, 6.07) is 0.0716. The average molecular weight is 279 g/mol. The number of aromatic nitrogens is 2. The second kappa shape index (κ2) is 5.45. The minimum Gasteiger partial charge on any atom is -0.381 e. The molecule has 2 fully saturated rings. The highest BCUT2D eigenvalue weighted by Crippen LogP contribution is 2.41. The van der Waals surface area contributed by atoms with Gasteiger partial charge < -0.3 is 15.0 Å². The number of nitrogens with two attached hydrogens (primary N) is 1. The van der Waals surface area contributed by atoms with Crippen LogP contribution < -0.4 is 5.73 Å². The van der Waals surface area contributed by atoms with Gasteiger partial charge >= 0.3 is 0 Å². The smallest absolute Gasteiger partial charge is 0.233 e. The molecule has 112 valence electrons. The van der Waals surface area contributed by atoms with Crippen LogP contribution in [-0.4, -0.2) is 29.4 Å². The maximum atomic E-state index is 6.13. The lowest BCUT2D eigenvalue weighted by molar-refractivity contribution is 0.0590. The van der Waals surface area contributed by atoms with E-state index >= 15 is 0 Å². The van der Waals surface area contributed by atoms with Crippen molar-refractivity contribution < 1.29 is 9.26 Å². The van der Waals surface area contributed by atoms with Crippen LogP contribution in [0.2, 0.25) is 0 Å². The van der Waals surface area contributed by atoms with Gasteiger partial charge in [-0.15, -0.1) is 0 Å². The molecule has 0 bridgehead atoms.